The van der Waals surface area contributed by atoms with Crippen molar-refractivity contribution in [2.24, 2.45) is 5.10 Å². The van der Waals surface area contributed by atoms with Crippen LogP contribution in [0.1, 0.15) is 37.9 Å². The molecule has 1 aromatic carbocycles. The summed E-state index contributed by atoms with van der Waals surface area (Å²) < 4.78 is 10.8. The molecule has 0 aliphatic carbocycles. The minimum absolute atomic E-state index is 0.140. The number of nitrogens with zero attached hydrogens (tertiary/aromatic N) is 2. The topological polar surface area (TPSA) is 88.6 Å². The molecular formula is C17H21ClN4O3. The number of aromatic amines is 1. The van der Waals surface area contributed by atoms with E-state index < -0.39 is 0 Å². The van der Waals surface area contributed by atoms with Crippen molar-refractivity contribution < 1.29 is 9.47 Å². The molecule has 0 atom stereocenters. The first-order chi connectivity index (χ1) is 11.9. The van der Waals surface area contributed by atoms with Gasteiger partial charge in [-0.3, -0.25) is 9.78 Å². The van der Waals surface area contributed by atoms with Gasteiger partial charge in [0.05, 0.1) is 30.6 Å². The average molecular weight is 365 g/mol. The molecule has 2 rings (SSSR count). The maximum absolute atomic E-state index is 11.6. The van der Waals surface area contributed by atoms with Gasteiger partial charge in [0.2, 0.25) is 5.95 Å². The Morgan fingerprint density at radius 1 is 1.40 bits per heavy atom. The summed E-state index contributed by atoms with van der Waals surface area (Å²) in [5.41, 5.74) is 3.88. The third-order valence-electron chi connectivity index (χ3n) is 3.28. The molecule has 1 heterocycles. The quantitative estimate of drug-likeness (QED) is 0.580. The van der Waals surface area contributed by atoms with Crippen molar-refractivity contribution in [3.63, 3.8) is 0 Å². The first kappa shape index (κ1) is 18.8. The Bertz CT molecular complexity index is 818. The number of benzene rings is 1. The van der Waals surface area contributed by atoms with Crippen LogP contribution in [0.5, 0.6) is 11.5 Å². The molecule has 0 aliphatic rings. The molecule has 0 aliphatic heterocycles. The van der Waals surface area contributed by atoms with E-state index in [-0.39, 0.29) is 17.4 Å². The number of aromatic nitrogens is 2. The van der Waals surface area contributed by atoms with E-state index in [1.54, 1.807) is 25.5 Å². The van der Waals surface area contributed by atoms with Crippen LogP contribution in [-0.2, 0) is 0 Å². The van der Waals surface area contributed by atoms with Gasteiger partial charge in [0.15, 0.2) is 11.5 Å². The van der Waals surface area contributed by atoms with Crippen LogP contribution in [0.15, 0.2) is 28.1 Å². The molecule has 2 N–H and O–H groups in total. The number of nitrogens with one attached hydrogen (secondary N) is 2. The van der Waals surface area contributed by atoms with Gasteiger partial charge < -0.3 is 9.47 Å². The summed E-state index contributed by atoms with van der Waals surface area (Å²) in [7, 11) is 1.54. The molecule has 1 aromatic heterocycles. The summed E-state index contributed by atoms with van der Waals surface area (Å²) in [5, 5.41) is 4.51. The highest BCUT2D eigenvalue weighted by molar-refractivity contribution is 6.32. The van der Waals surface area contributed by atoms with E-state index in [9.17, 15) is 4.79 Å². The number of hydrogen-bond acceptors (Lipinski definition) is 6. The molecule has 25 heavy (non-hydrogen) atoms. The molecule has 0 saturated heterocycles. The van der Waals surface area contributed by atoms with Gasteiger partial charge in [-0.05, 0) is 30.5 Å². The van der Waals surface area contributed by atoms with Gasteiger partial charge in [0, 0.05) is 6.07 Å². The molecule has 0 saturated carbocycles. The van der Waals surface area contributed by atoms with Crippen LogP contribution in [0.3, 0.4) is 0 Å². The van der Waals surface area contributed by atoms with Crippen LogP contribution in [0.4, 0.5) is 5.95 Å². The van der Waals surface area contributed by atoms with Crippen molar-refractivity contribution >= 4 is 23.8 Å². The van der Waals surface area contributed by atoms with E-state index in [4.69, 9.17) is 21.1 Å². The molecule has 0 bridgehead atoms. The lowest BCUT2D eigenvalue weighted by atomic mass is 10.1. The number of methoxy groups -OCH3 is 1. The number of ether oxygens (including phenoxy) is 2. The summed E-state index contributed by atoms with van der Waals surface area (Å²) >= 11 is 6.22. The fourth-order valence-corrected chi connectivity index (χ4v) is 2.37. The van der Waals surface area contributed by atoms with E-state index in [1.165, 1.54) is 6.07 Å². The summed E-state index contributed by atoms with van der Waals surface area (Å²) in [6.07, 6.45) is 1.55. The molecule has 0 spiro atoms. The van der Waals surface area contributed by atoms with Gasteiger partial charge in [0.25, 0.3) is 5.56 Å². The number of hydrogen-bond donors (Lipinski definition) is 2. The van der Waals surface area contributed by atoms with E-state index in [0.717, 1.165) is 0 Å². The predicted molar refractivity (Wildman–Crippen MR) is 99.3 cm³/mol. The maximum atomic E-state index is 11.6. The van der Waals surface area contributed by atoms with E-state index >= 15 is 0 Å². The lowest BCUT2D eigenvalue weighted by Crippen LogP contribution is -2.12. The van der Waals surface area contributed by atoms with E-state index in [1.807, 2.05) is 20.8 Å². The summed E-state index contributed by atoms with van der Waals surface area (Å²) in [6.45, 7) is 6.27. The summed E-state index contributed by atoms with van der Waals surface area (Å²) in [5.74, 6) is 1.42. The van der Waals surface area contributed by atoms with Crippen molar-refractivity contribution in [1.82, 2.24) is 9.97 Å². The Balaban J connectivity index is 2.20. The molecule has 7 nitrogen and oxygen atoms in total. The van der Waals surface area contributed by atoms with Gasteiger partial charge in [-0.25, -0.2) is 10.4 Å². The SMILES string of the molecule is CCOc1c(Cl)cc(/C=N\Nc2nc(C(C)C)cc(=O)[nH]2)cc1OC. The Labute approximate surface area is 151 Å². The van der Waals surface area contributed by atoms with Crippen molar-refractivity contribution in [3.8, 4) is 11.5 Å². The average Bonchev–Trinajstić information content (AvgIpc) is 2.56. The number of rotatable bonds is 7. The second kappa shape index (κ2) is 8.53. The molecule has 0 fully saturated rings. The molecule has 0 amide bonds. The van der Waals surface area contributed by atoms with Gasteiger partial charge in [-0.2, -0.15) is 5.10 Å². The third-order valence-corrected chi connectivity index (χ3v) is 3.56. The third kappa shape index (κ3) is 4.96. The van der Waals surface area contributed by atoms with Crippen LogP contribution in [0.25, 0.3) is 0 Å². The molecule has 134 valence electrons. The fourth-order valence-electron chi connectivity index (χ4n) is 2.09. The van der Waals surface area contributed by atoms with Gasteiger partial charge >= 0.3 is 0 Å². The Kier molecular flexibility index (Phi) is 6.41. The first-order valence-corrected chi connectivity index (χ1v) is 8.23. The monoisotopic (exact) mass is 364 g/mol. The minimum atomic E-state index is -0.234. The highest BCUT2D eigenvalue weighted by Crippen LogP contribution is 2.35. The molecular weight excluding hydrogens is 344 g/mol. The van der Waals surface area contributed by atoms with Crippen LogP contribution in [-0.4, -0.2) is 29.9 Å². The molecule has 0 unspecified atom stereocenters. The minimum Gasteiger partial charge on any atom is -0.493 e. The lowest BCUT2D eigenvalue weighted by molar-refractivity contribution is 0.311. The fraction of sp³-hybridized carbons (Fsp3) is 0.353. The second-order valence-electron chi connectivity index (χ2n) is 5.51. The zero-order valence-electron chi connectivity index (χ0n) is 14.6. The van der Waals surface area contributed by atoms with Crippen molar-refractivity contribution in [2.75, 3.05) is 19.1 Å². The standard InChI is InChI=1S/C17H21ClN4O3/c1-5-25-16-12(18)6-11(7-14(16)24-4)9-19-22-17-20-13(10(2)3)8-15(23)21-17/h6-10H,5H2,1-4H3,(H2,20,21,22,23)/b19-9-. The van der Waals surface area contributed by atoms with Crippen LogP contribution in [0.2, 0.25) is 5.02 Å². The maximum Gasteiger partial charge on any atom is 0.252 e. The molecule has 0 radical (unpaired) electrons. The molecule has 8 heteroatoms. The summed E-state index contributed by atoms with van der Waals surface area (Å²) in [4.78, 5) is 18.5. The largest absolute Gasteiger partial charge is 0.493 e. The number of H-pyrrole nitrogens is 1. The van der Waals surface area contributed by atoms with Crippen LogP contribution in [0, 0.1) is 0 Å². The van der Waals surface area contributed by atoms with Crippen molar-refractivity contribution in [1.29, 1.82) is 0 Å². The van der Waals surface area contributed by atoms with Crippen molar-refractivity contribution in [2.45, 2.75) is 26.7 Å². The second-order valence-corrected chi connectivity index (χ2v) is 5.92. The van der Waals surface area contributed by atoms with Crippen LogP contribution < -0.4 is 20.5 Å². The Morgan fingerprint density at radius 3 is 2.80 bits per heavy atom. The first-order valence-electron chi connectivity index (χ1n) is 7.85. The zero-order chi connectivity index (χ0) is 18.4. The highest BCUT2D eigenvalue weighted by atomic mass is 35.5. The Morgan fingerprint density at radius 2 is 2.16 bits per heavy atom. The number of hydrazone groups is 1. The zero-order valence-corrected chi connectivity index (χ0v) is 15.3. The van der Waals surface area contributed by atoms with Gasteiger partial charge in [-0.15, -0.1) is 0 Å². The van der Waals surface area contributed by atoms with Crippen LogP contribution >= 0.6 is 11.6 Å². The summed E-state index contributed by atoms with van der Waals surface area (Å²) in [6, 6.07) is 4.93. The molecule has 2 aromatic rings. The number of anilines is 1. The van der Waals surface area contributed by atoms with Crippen molar-refractivity contribution in [3.05, 3.63) is 44.8 Å². The normalized spacial score (nSPS) is 11.1. The van der Waals surface area contributed by atoms with E-state index in [0.29, 0.717) is 34.4 Å². The highest BCUT2D eigenvalue weighted by Gasteiger charge is 2.11. The van der Waals surface area contributed by atoms with Gasteiger partial charge in [-0.1, -0.05) is 25.4 Å². The number of halogens is 1. The predicted octanol–water partition coefficient (Wildman–Crippen LogP) is 3.40. The van der Waals surface area contributed by atoms with E-state index in [2.05, 4.69) is 20.5 Å². The lowest BCUT2D eigenvalue weighted by Gasteiger charge is -2.11. The van der Waals surface area contributed by atoms with Gasteiger partial charge in [0.1, 0.15) is 0 Å². The smallest absolute Gasteiger partial charge is 0.252 e. The Hall–Kier alpha value is -2.54.